The van der Waals surface area contributed by atoms with Crippen molar-refractivity contribution in [2.24, 2.45) is 11.8 Å². The number of ether oxygens (including phenoxy) is 1. The second kappa shape index (κ2) is 7.39. The third-order valence-corrected chi connectivity index (χ3v) is 6.13. The number of nitrogens with one attached hydrogen (secondary N) is 1. The third kappa shape index (κ3) is 3.72. The van der Waals surface area contributed by atoms with E-state index in [0.29, 0.717) is 17.2 Å². The number of alkyl halides is 1. The number of anilines is 1. The second-order valence-corrected chi connectivity index (χ2v) is 8.56. The molecule has 2 aromatic rings. The molecule has 2 aliphatic rings. The molecule has 4 rings (SSSR count). The molecule has 2 heterocycles. The van der Waals surface area contributed by atoms with Crippen LogP contribution in [0.25, 0.3) is 10.9 Å². The maximum Gasteiger partial charge on any atom is 0.257 e. The number of hydrogen-bond donors (Lipinski definition) is 1. The van der Waals surface area contributed by atoms with Crippen LogP contribution in [0.4, 0.5) is 14.6 Å². The molecule has 1 amide bonds. The predicted molar refractivity (Wildman–Crippen MR) is 106 cm³/mol. The minimum absolute atomic E-state index is 0.0115. The van der Waals surface area contributed by atoms with E-state index >= 15 is 0 Å². The summed E-state index contributed by atoms with van der Waals surface area (Å²) >= 11 is 0. The van der Waals surface area contributed by atoms with Crippen LogP contribution in [0.3, 0.4) is 0 Å². The number of rotatable bonds is 4. The lowest BCUT2D eigenvalue weighted by atomic mass is 9.79. The largest absolute Gasteiger partial charge is 0.494 e. The Hall–Kier alpha value is -2.51. The molecule has 1 N–H and O–H groups in total. The fourth-order valence-electron chi connectivity index (χ4n) is 4.57. The van der Waals surface area contributed by atoms with Gasteiger partial charge in [-0.15, -0.1) is 0 Å². The van der Waals surface area contributed by atoms with Gasteiger partial charge in [-0.25, -0.2) is 18.7 Å². The van der Waals surface area contributed by atoms with E-state index in [0.717, 1.165) is 38.2 Å². The number of carbonyl (C=O) groups excluding carboxylic acids is 1. The Bertz CT molecular complexity index is 931. The van der Waals surface area contributed by atoms with Crippen molar-refractivity contribution in [1.82, 2.24) is 15.3 Å². The Morgan fingerprint density at radius 3 is 2.72 bits per heavy atom. The molecule has 1 aromatic heterocycles. The third-order valence-electron chi connectivity index (χ3n) is 6.13. The monoisotopic (exact) mass is 404 g/mol. The molecule has 0 bridgehead atoms. The molecule has 29 heavy (non-hydrogen) atoms. The van der Waals surface area contributed by atoms with Gasteiger partial charge in [0.05, 0.1) is 7.11 Å². The van der Waals surface area contributed by atoms with Gasteiger partial charge in [-0.1, -0.05) is 0 Å². The van der Waals surface area contributed by atoms with Gasteiger partial charge >= 0.3 is 0 Å². The van der Waals surface area contributed by atoms with Gasteiger partial charge in [-0.05, 0) is 57.1 Å². The molecule has 2 fully saturated rings. The summed E-state index contributed by atoms with van der Waals surface area (Å²) in [6.07, 6.45) is 4.00. The molecule has 8 heteroatoms. The van der Waals surface area contributed by atoms with Crippen LogP contribution in [0.5, 0.6) is 5.75 Å². The molecular formula is C21H26F2N4O2. The van der Waals surface area contributed by atoms with Gasteiger partial charge in [0.15, 0.2) is 17.2 Å². The Morgan fingerprint density at radius 1 is 1.24 bits per heavy atom. The fourth-order valence-corrected chi connectivity index (χ4v) is 4.57. The van der Waals surface area contributed by atoms with Crippen LogP contribution in [0, 0.1) is 17.7 Å². The maximum atomic E-state index is 14.6. The number of nitrogens with zero attached hydrogens (tertiary/aromatic N) is 3. The summed E-state index contributed by atoms with van der Waals surface area (Å²) in [6.45, 7) is 4.16. The molecule has 1 aromatic carbocycles. The van der Waals surface area contributed by atoms with Crippen LogP contribution in [0.1, 0.15) is 33.1 Å². The molecule has 3 atom stereocenters. The number of halogens is 2. The average molecular weight is 404 g/mol. The van der Waals surface area contributed by atoms with Crippen molar-refractivity contribution in [3.63, 3.8) is 0 Å². The highest BCUT2D eigenvalue weighted by Gasteiger charge is 2.40. The highest BCUT2D eigenvalue weighted by Crippen LogP contribution is 2.40. The van der Waals surface area contributed by atoms with Crippen molar-refractivity contribution in [2.75, 3.05) is 25.1 Å². The molecular weight excluding hydrogens is 378 g/mol. The summed E-state index contributed by atoms with van der Waals surface area (Å²) in [7, 11) is 1.43. The Morgan fingerprint density at radius 2 is 2.00 bits per heavy atom. The van der Waals surface area contributed by atoms with Gasteiger partial charge in [-0.2, -0.15) is 0 Å². The lowest BCUT2D eigenvalue weighted by molar-refractivity contribution is -0.131. The number of fused-ring (bicyclic) bond motifs is 2. The number of carbonyl (C=O) groups is 1. The lowest BCUT2D eigenvalue weighted by Crippen LogP contribution is -2.47. The molecule has 156 valence electrons. The van der Waals surface area contributed by atoms with Gasteiger partial charge in [0.1, 0.15) is 17.7 Å². The molecule has 1 saturated carbocycles. The van der Waals surface area contributed by atoms with E-state index in [-0.39, 0.29) is 17.3 Å². The van der Waals surface area contributed by atoms with Crippen molar-refractivity contribution < 1.29 is 18.3 Å². The lowest BCUT2D eigenvalue weighted by Gasteiger charge is -2.32. The van der Waals surface area contributed by atoms with Crippen molar-refractivity contribution in [3.8, 4) is 5.75 Å². The van der Waals surface area contributed by atoms with Crippen molar-refractivity contribution in [3.05, 3.63) is 24.3 Å². The van der Waals surface area contributed by atoms with Gasteiger partial charge in [0.25, 0.3) is 5.91 Å². The van der Waals surface area contributed by atoms with E-state index in [4.69, 9.17) is 4.74 Å². The summed E-state index contributed by atoms with van der Waals surface area (Å²) in [5.41, 5.74) is -1.62. The summed E-state index contributed by atoms with van der Waals surface area (Å²) in [4.78, 5) is 22.7. The molecule has 1 saturated heterocycles. The normalized spacial score (nSPS) is 24.4. The van der Waals surface area contributed by atoms with E-state index in [9.17, 15) is 13.6 Å². The van der Waals surface area contributed by atoms with E-state index in [1.165, 1.54) is 27.3 Å². The smallest absolute Gasteiger partial charge is 0.257 e. The van der Waals surface area contributed by atoms with Crippen LogP contribution in [-0.2, 0) is 4.79 Å². The van der Waals surface area contributed by atoms with Crippen molar-refractivity contribution in [1.29, 1.82) is 0 Å². The topological polar surface area (TPSA) is 67.3 Å². The number of methoxy groups -OCH3 is 1. The van der Waals surface area contributed by atoms with E-state index in [1.54, 1.807) is 12.1 Å². The van der Waals surface area contributed by atoms with Crippen molar-refractivity contribution >= 4 is 22.6 Å². The van der Waals surface area contributed by atoms with E-state index < -0.39 is 17.4 Å². The average Bonchev–Trinajstić information content (AvgIpc) is 3.10. The van der Waals surface area contributed by atoms with Gasteiger partial charge in [0.2, 0.25) is 0 Å². The number of hydrogen-bond acceptors (Lipinski definition) is 5. The Balaban J connectivity index is 1.52. The first-order valence-electron chi connectivity index (χ1n) is 10.00. The van der Waals surface area contributed by atoms with E-state index in [2.05, 4.69) is 20.2 Å². The minimum Gasteiger partial charge on any atom is -0.494 e. The summed E-state index contributed by atoms with van der Waals surface area (Å²) in [5.74, 6) is 0.700. The minimum atomic E-state index is -1.87. The highest BCUT2D eigenvalue weighted by atomic mass is 19.1. The van der Waals surface area contributed by atoms with Crippen molar-refractivity contribution in [2.45, 2.75) is 44.8 Å². The SMILES string of the molecule is COc1ccc2c(N3CC4CCC(NC(=O)C(C)(C)F)CC4C3)ncnc2c1F. The zero-order valence-electron chi connectivity index (χ0n) is 16.9. The van der Waals surface area contributed by atoms with Gasteiger partial charge in [0, 0.05) is 24.5 Å². The van der Waals surface area contributed by atoms with Crippen LogP contribution in [0.2, 0.25) is 0 Å². The first kappa shape index (κ1) is 19.8. The van der Waals surface area contributed by atoms with E-state index in [1.807, 2.05) is 0 Å². The zero-order valence-corrected chi connectivity index (χ0v) is 16.9. The molecule has 0 spiro atoms. The van der Waals surface area contributed by atoms with Gasteiger partial charge in [-0.3, -0.25) is 4.79 Å². The molecule has 1 aliphatic heterocycles. The molecule has 6 nitrogen and oxygen atoms in total. The number of aromatic nitrogens is 2. The molecule has 1 aliphatic carbocycles. The van der Waals surface area contributed by atoms with Crippen LogP contribution < -0.4 is 15.0 Å². The first-order valence-corrected chi connectivity index (χ1v) is 10.00. The number of benzene rings is 1. The summed E-state index contributed by atoms with van der Waals surface area (Å²) < 4.78 is 33.5. The summed E-state index contributed by atoms with van der Waals surface area (Å²) in [6, 6.07) is 3.38. The standard InChI is InChI=1S/C21H26F2N4O2/c1-21(2,23)20(28)26-14-5-4-12-9-27(10-13(12)8-14)19-15-6-7-16(29-3)17(22)18(15)24-11-25-19/h6-7,11-14H,4-5,8-10H2,1-3H3,(H,26,28). The Labute approximate surface area is 168 Å². The number of amides is 1. The second-order valence-electron chi connectivity index (χ2n) is 8.56. The molecule has 0 radical (unpaired) electrons. The Kier molecular flexibility index (Phi) is 5.04. The first-order chi connectivity index (χ1) is 13.8. The quantitative estimate of drug-likeness (QED) is 0.847. The highest BCUT2D eigenvalue weighted by molar-refractivity contribution is 5.91. The molecule has 3 unspecified atom stereocenters. The zero-order chi connectivity index (χ0) is 20.8. The van der Waals surface area contributed by atoms with Crippen LogP contribution in [-0.4, -0.2) is 47.8 Å². The maximum absolute atomic E-state index is 14.6. The summed E-state index contributed by atoms with van der Waals surface area (Å²) in [5, 5.41) is 3.51. The van der Waals surface area contributed by atoms with Crippen LogP contribution in [0.15, 0.2) is 18.5 Å². The fraction of sp³-hybridized carbons (Fsp3) is 0.571. The predicted octanol–water partition coefficient (Wildman–Crippen LogP) is 3.25. The van der Waals surface area contributed by atoms with Gasteiger partial charge < -0.3 is 15.0 Å². The van der Waals surface area contributed by atoms with Crippen LogP contribution >= 0.6 is 0 Å².